The topological polar surface area (TPSA) is 76.1 Å². The summed E-state index contributed by atoms with van der Waals surface area (Å²) in [5.74, 6) is 0. The third kappa shape index (κ3) is 3.44. The highest BCUT2D eigenvalue weighted by molar-refractivity contribution is 5.98. The fourth-order valence-electron chi connectivity index (χ4n) is 3.44. The summed E-state index contributed by atoms with van der Waals surface area (Å²) >= 11 is 0. The molecule has 2 aromatic carbocycles. The molecule has 1 heterocycles. The smallest absolute Gasteiger partial charge is 0.311 e. The Morgan fingerprint density at radius 1 is 1.18 bits per heavy atom. The second-order valence-electron chi connectivity index (χ2n) is 7.06. The molecule has 1 atom stereocenters. The van der Waals surface area contributed by atoms with Gasteiger partial charge in [0.1, 0.15) is 0 Å². The Bertz CT molecular complexity index is 854. The SMILES string of the molecule is C=CCN1C(=O)N(c2ccccc2)C(N(O)C(=O)Nc2ccccc2)C1(C)C. The summed E-state index contributed by atoms with van der Waals surface area (Å²) in [4.78, 5) is 28.9. The van der Waals surface area contributed by atoms with Gasteiger partial charge in [0.15, 0.2) is 6.17 Å². The van der Waals surface area contributed by atoms with Crippen molar-refractivity contribution in [1.29, 1.82) is 0 Å². The number of benzene rings is 2. The van der Waals surface area contributed by atoms with Crippen LogP contribution in [0.4, 0.5) is 21.0 Å². The van der Waals surface area contributed by atoms with E-state index in [2.05, 4.69) is 11.9 Å². The summed E-state index contributed by atoms with van der Waals surface area (Å²) < 4.78 is 0. The van der Waals surface area contributed by atoms with E-state index in [4.69, 9.17) is 0 Å². The number of hydrogen-bond donors (Lipinski definition) is 2. The first-order valence-electron chi connectivity index (χ1n) is 8.99. The number of anilines is 2. The number of nitrogens with zero attached hydrogens (tertiary/aromatic N) is 3. The van der Waals surface area contributed by atoms with Gasteiger partial charge in [0, 0.05) is 17.9 Å². The number of hydrogen-bond acceptors (Lipinski definition) is 3. The average Bonchev–Trinajstić information content (AvgIpc) is 2.89. The number of rotatable bonds is 5. The van der Waals surface area contributed by atoms with Gasteiger partial charge < -0.3 is 10.2 Å². The van der Waals surface area contributed by atoms with Gasteiger partial charge in [-0.2, -0.15) is 5.06 Å². The first-order chi connectivity index (χ1) is 13.4. The third-order valence-corrected chi connectivity index (χ3v) is 4.82. The highest BCUT2D eigenvalue weighted by Crippen LogP contribution is 2.37. The molecule has 1 saturated heterocycles. The van der Waals surface area contributed by atoms with Gasteiger partial charge in [-0.25, -0.2) is 9.59 Å². The van der Waals surface area contributed by atoms with E-state index < -0.39 is 17.7 Å². The van der Waals surface area contributed by atoms with E-state index in [9.17, 15) is 14.8 Å². The monoisotopic (exact) mass is 380 g/mol. The highest BCUT2D eigenvalue weighted by Gasteiger charge is 2.55. The molecule has 7 heteroatoms. The fraction of sp³-hybridized carbons (Fsp3) is 0.238. The van der Waals surface area contributed by atoms with Crippen LogP contribution in [0.1, 0.15) is 13.8 Å². The van der Waals surface area contributed by atoms with Crippen LogP contribution in [0.3, 0.4) is 0 Å². The minimum Gasteiger partial charge on any atom is -0.311 e. The zero-order valence-corrected chi connectivity index (χ0v) is 15.9. The highest BCUT2D eigenvalue weighted by atomic mass is 16.5. The van der Waals surface area contributed by atoms with E-state index in [0.29, 0.717) is 23.0 Å². The van der Waals surface area contributed by atoms with Crippen molar-refractivity contribution < 1.29 is 14.8 Å². The van der Waals surface area contributed by atoms with Crippen molar-refractivity contribution >= 4 is 23.4 Å². The summed E-state index contributed by atoms with van der Waals surface area (Å²) in [6, 6.07) is 16.8. The Morgan fingerprint density at radius 2 is 1.75 bits per heavy atom. The largest absolute Gasteiger partial charge is 0.347 e. The van der Waals surface area contributed by atoms with Gasteiger partial charge in [-0.3, -0.25) is 10.1 Å². The van der Waals surface area contributed by atoms with Crippen LogP contribution in [0.5, 0.6) is 0 Å². The average molecular weight is 380 g/mol. The van der Waals surface area contributed by atoms with E-state index >= 15 is 0 Å². The molecule has 4 amide bonds. The number of nitrogens with one attached hydrogen (secondary N) is 1. The molecule has 0 saturated carbocycles. The molecule has 3 rings (SSSR count). The quantitative estimate of drug-likeness (QED) is 0.465. The molecule has 0 radical (unpaired) electrons. The first kappa shape index (κ1) is 19.4. The molecular formula is C21H24N4O3. The second-order valence-corrected chi connectivity index (χ2v) is 7.06. The molecule has 2 aromatic rings. The minimum atomic E-state index is -0.939. The second kappa shape index (κ2) is 7.74. The van der Waals surface area contributed by atoms with Crippen LogP contribution in [-0.4, -0.2) is 45.5 Å². The normalized spacial score (nSPS) is 18.1. The predicted octanol–water partition coefficient (Wildman–Crippen LogP) is 4.14. The number of amides is 4. The third-order valence-electron chi connectivity index (χ3n) is 4.82. The summed E-state index contributed by atoms with van der Waals surface area (Å²) in [6.45, 7) is 7.62. The van der Waals surface area contributed by atoms with Crippen LogP contribution in [-0.2, 0) is 0 Å². The lowest BCUT2D eigenvalue weighted by atomic mass is 10.00. The van der Waals surface area contributed by atoms with E-state index in [0.717, 1.165) is 0 Å². The zero-order chi connectivity index (χ0) is 20.3. The standard InChI is InChI=1S/C21H24N4O3/c1-4-15-23-20(27)24(17-13-9-6-10-14-17)18(21(23,2)3)25(28)19(26)22-16-11-7-5-8-12-16/h4-14,18,28H,1,15H2,2-3H3,(H,22,26). The lowest BCUT2D eigenvalue weighted by Gasteiger charge is -2.38. The van der Waals surface area contributed by atoms with Crippen LogP contribution in [0.15, 0.2) is 73.3 Å². The Hall–Kier alpha value is -3.32. The number of urea groups is 2. The van der Waals surface area contributed by atoms with Gasteiger partial charge in [-0.05, 0) is 38.1 Å². The van der Waals surface area contributed by atoms with Gasteiger partial charge in [0.05, 0.1) is 5.54 Å². The molecular weight excluding hydrogens is 356 g/mol. The summed E-state index contributed by atoms with van der Waals surface area (Å²) in [6.07, 6.45) is 0.683. The van der Waals surface area contributed by atoms with Gasteiger partial charge in [-0.15, -0.1) is 6.58 Å². The van der Waals surface area contributed by atoms with E-state index in [1.807, 2.05) is 12.1 Å². The van der Waals surface area contributed by atoms with E-state index in [1.165, 1.54) is 4.90 Å². The summed E-state index contributed by atoms with van der Waals surface area (Å²) in [5.41, 5.74) is 0.260. The van der Waals surface area contributed by atoms with Crippen molar-refractivity contribution in [2.75, 3.05) is 16.8 Å². The van der Waals surface area contributed by atoms with Crippen molar-refractivity contribution in [1.82, 2.24) is 9.96 Å². The van der Waals surface area contributed by atoms with Crippen LogP contribution in [0.2, 0.25) is 0 Å². The molecule has 146 valence electrons. The summed E-state index contributed by atoms with van der Waals surface area (Å²) in [5, 5.41) is 14.1. The number of hydroxylamine groups is 2. The molecule has 1 unspecified atom stereocenters. The fourth-order valence-corrected chi connectivity index (χ4v) is 3.44. The molecule has 2 N–H and O–H groups in total. The Kier molecular flexibility index (Phi) is 5.37. The van der Waals surface area contributed by atoms with Crippen molar-refractivity contribution in [3.8, 4) is 0 Å². The molecule has 1 fully saturated rings. The summed E-state index contributed by atoms with van der Waals surface area (Å²) in [7, 11) is 0. The van der Waals surface area contributed by atoms with Gasteiger partial charge in [0.25, 0.3) is 0 Å². The van der Waals surface area contributed by atoms with Gasteiger partial charge >= 0.3 is 12.1 Å². The van der Waals surface area contributed by atoms with Gasteiger partial charge in [-0.1, -0.05) is 42.5 Å². The molecule has 0 bridgehead atoms. The zero-order valence-electron chi connectivity index (χ0n) is 15.9. The molecule has 7 nitrogen and oxygen atoms in total. The lowest BCUT2D eigenvalue weighted by molar-refractivity contribution is -0.0941. The van der Waals surface area contributed by atoms with Crippen LogP contribution in [0, 0.1) is 0 Å². The Balaban J connectivity index is 1.97. The number of para-hydroxylation sites is 2. The van der Waals surface area contributed by atoms with E-state index in [1.54, 1.807) is 73.4 Å². The molecule has 1 aliphatic rings. The molecule has 0 aromatic heterocycles. The Labute approximate surface area is 164 Å². The molecule has 28 heavy (non-hydrogen) atoms. The van der Waals surface area contributed by atoms with Crippen molar-refractivity contribution in [3.05, 3.63) is 73.3 Å². The first-order valence-corrected chi connectivity index (χ1v) is 8.99. The predicted molar refractivity (Wildman–Crippen MR) is 108 cm³/mol. The molecule has 0 spiro atoms. The molecule has 0 aliphatic carbocycles. The van der Waals surface area contributed by atoms with Gasteiger partial charge in [0.2, 0.25) is 0 Å². The van der Waals surface area contributed by atoms with Crippen molar-refractivity contribution in [2.24, 2.45) is 0 Å². The Morgan fingerprint density at radius 3 is 2.32 bits per heavy atom. The van der Waals surface area contributed by atoms with E-state index in [-0.39, 0.29) is 6.03 Å². The van der Waals surface area contributed by atoms with Crippen molar-refractivity contribution in [3.63, 3.8) is 0 Å². The maximum atomic E-state index is 13.1. The molecule has 1 aliphatic heterocycles. The number of carbonyl (C=O) groups excluding carboxylic acids is 2. The lowest BCUT2D eigenvalue weighted by Crippen LogP contribution is -2.58. The minimum absolute atomic E-state index is 0.291. The maximum Gasteiger partial charge on any atom is 0.347 e. The van der Waals surface area contributed by atoms with Crippen molar-refractivity contribution in [2.45, 2.75) is 25.6 Å². The van der Waals surface area contributed by atoms with Crippen LogP contribution < -0.4 is 10.2 Å². The van der Waals surface area contributed by atoms with Crippen LogP contribution in [0.25, 0.3) is 0 Å². The number of carbonyl (C=O) groups is 2. The van der Waals surface area contributed by atoms with Crippen LogP contribution >= 0.6 is 0 Å². The maximum absolute atomic E-state index is 13.1.